The van der Waals surface area contributed by atoms with Gasteiger partial charge in [-0.05, 0) is 58.0 Å². The first-order valence-electron chi connectivity index (χ1n) is 6.20. The number of ether oxygens (including phenoxy) is 1. The second-order valence-corrected chi connectivity index (χ2v) is 5.15. The number of benzene rings is 1. The third-order valence-electron chi connectivity index (χ3n) is 2.23. The minimum Gasteiger partial charge on any atom is -0.456 e. The van der Waals surface area contributed by atoms with Crippen LogP contribution >= 0.6 is 0 Å². The highest BCUT2D eigenvalue weighted by Crippen LogP contribution is 2.14. The second kappa shape index (κ2) is 6.40. The van der Waals surface area contributed by atoms with Crippen LogP contribution in [0.2, 0.25) is 0 Å². The van der Waals surface area contributed by atoms with Crippen molar-refractivity contribution in [3.63, 3.8) is 0 Å². The van der Waals surface area contributed by atoms with Gasteiger partial charge in [-0.15, -0.1) is 0 Å². The Morgan fingerprint density at radius 2 is 1.89 bits per heavy atom. The van der Waals surface area contributed by atoms with E-state index in [1.165, 1.54) is 0 Å². The van der Waals surface area contributed by atoms with E-state index in [4.69, 9.17) is 10.5 Å². The van der Waals surface area contributed by atoms with E-state index in [2.05, 4.69) is 5.32 Å². The molecular weight excluding hydrogens is 228 g/mol. The van der Waals surface area contributed by atoms with Crippen molar-refractivity contribution in [1.82, 2.24) is 0 Å². The van der Waals surface area contributed by atoms with Crippen molar-refractivity contribution in [2.24, 2.45) is 5.73 Å². The van der Waals surface area contributed by atoms with Gasteiger partial charge < -0.3 is 15.8 Å². The van der Waals surface area contributed by atoms with Crippen molar-refractivity contribution in [1.29, 1.82) is 0 Å². The molecule has 0 fully saturated rings. The lowest BCUT2D eigenvalue weighted by Crippen LogP contribution is -2.23. The first-order valence-corrected chi connectivity index (χ1v) is 6.20. The number of carbonyl (C=O) groups is 1. The maximum absolute atomic E-state index is 11.8. The summed E-state index contributed by atoms with van der Waals surface area (Å²) in [7, 11) is 0. The van der Waals surface area contributed by atoms with E-state index in [-0.39, 0.29) is 5.97 Å². The van der Waals surface area contributed by atoms with Crippen LogP contribution < -0.4 is 11.1 Å². The van der Waals surface area contributed by atoms with Crippen molar-refractivity contribution < 1.29 is 9.53 Å². The molecule has 0 aliphatic rings. The van der Waals surface area contributed by atoms with Crippen molar-refractivity contribution in [3.8, 4) is 0 Å². The topological polar surface area (TPSA) is 64.3 Å². The number of esters is 1. The molecular formula is C14H22N2O2. The fourth-order valence-corrected chi connectivity index (χ4v) is 1.40. The van der Waals surface area contributed by atoms with Gasteiger partial charge in [0.1, 0.15) is 5.60 Å². The third kappa shape index (κ3) is 5.19. The Balaban J connectivity index is 2.57. The summed E-state index contributed by atoms with van der Waals surface area (Å²) >= 11 is 0. The predicted molar refractivity (Wildman–Crippen MR) is 73.8 cm³/mol. The van der Waals surface area contributed by atoms with Gasteiger partial charge in [0.15, 0.2) is 0 Å². The van der Waals surface area contributed by atoms with Crippen LogP contribution in [0.1, 0.15) is 37.6 Å². The minimum atomic E-state index is -0.463. The van der Waals surface area contributed by atoms with Crippen LogP contribution in [0.15, 0.2) is 24.3 Å². The van der Waals surface area contributed by atoms with E-state index in [0.29, 0.717) is 12.1 Å². The van der Waals surface area contributed by atoms with Crippen LogP contribution in [-0.4, -0.2) is 24.7 Å². The summed E-state index contributed by atoms with van der Waals surface area (Å²) in [6.45, 7) is 7.07. The number of nitrogens with one attached hydrogen (secondary N) is 1. The Bertz CT molecular complexity index is 380. The molecule has 0 bridgehead atoms. The highest BCUT2D eigenvalue weighted by molar-refractivity contribution is 5.90. The summed E-state index contributed by atoms with van der Waals surface area (Å²) in [5.74, 6) is -0.295. The second-order valence-electron chi connectivity index (χ2n) is 5.15. The molecule has 0 saturated heterocycles. The molecule has 1 aromatic carbocycles. The van der Waals surface area contributed by atoms with Crippen LogP contribution in [0.4, 0.5) is 5.69 Å². The lowest BCUT2D eigenvalue weighted by Gasteiger charge is -2.19. The molecule has 18 heavy (non-hydrogen) atoms. The zero-order chi connectivity index (χ0) is 13.6. The molecule has 0 amide bonds. The van der Waals surface area contributed by atoms with E-state index in [0.717, 1.165) is 18.7 Å². The standard InChI is InChI=1S/C14H22N2O2/c1-14(2,3)18-13(17)11-5-7-12(8-6-11)16-10-4-9-15/h5-8,16H,4,9-10,15H2,1-3H3. The number of hydrogen-bond acceptors (Lipinski definition) is 4. The SMILES string of the molecule is CC(C)(C)OC(=O)c1ccc(NCCCN)cc1. The van der Waals surface area contributed by atoms with Crippen LogP contribution in [0.25, 0.3) is 0 Å². The number of hydrogen-bond donors (Lipinski definition) is 2. The Kier molecular flexibility index (Phi) is 5.16. The summed E-state index contributed by atoms with van der Waals surface area (Å²) in [4.78, 5) is 11.8. The molecule has 3 N–H and O–H groups in total. The fraction of sp³-hybridized carbons (Fsp3) is 0.500. The molecule has 0 unspecified atom stereocenters. The molecule has 0 saturated carbocycles. The number of rotatable bonds is 5. The lowest BCUT2D eigenvalue weighted by molar-refractivity contribution is 0.00696. The molecule has 0 aliphatic carbocycles. The monoisotopic (exact) mass is 250 g/mol. The molecule has 0 aromatic heterocycles. The number of anilines is 1. The van der Waals surface area contributed by atoms with Crippen LogP contribution in [0.3, 0.4) is 0 Å². The van der Waals surface area contributed by atoms with Crippen LogP contribution in [0, 0.1) is 0 Å². The minimum absolute atomic E-state index is 0.295. The average molecular weight is 250 g/mol. The third-order valence-corrected chi connectivity index (χ3v) is 2.23. The van der Waals surface area contributed by atoms with Crippen molar-refractivity contribution in [2.75, 3.05) is 18.4 Å². The predicted octanol–water partition coefficient (Wildman–Crippen LogP) is 2.40. The van der Waals surface area contributed by atoms with Gasteiger partial charge in [-0.25, -0.2) is 4.79 Å². The fourth-order valence-electron chi connectivity index (χ4n) is 1.40. The Hall–Kier alpha value is -1.55. The highest BCUT2D eigenvalue weighted by Gasteiger charge is 2.17. The quantitative estimate of drug-likeness (QED) is 0.622. The van der Waals surface area contributed by atoms with E-state index < -0.39 is 5.60 Å². The van der Waals surface area contributed by atoms with E-state index in [9.17, 15) is 4.79 Å². The van der Waals surface area contributed by atoms with Gasteiger partial charge in [-0.3, -0.25) is 0 Å². The van der Waals surface area contributed by atoms with Gasteiger partial charge in [0.25, 0.3) is 0 Å². The molecule has 0 radical (unpaired) electrons. The molecule has 0 aliphatic heterocycles. The normalized spacial score (nSPS) is 11.1. The van der Waals surface area contributed by atoms with Gasteiger partial charge in [-0.1, -0.05) is 0 Å². The van der Waals surface area contributed by atoms with Gasteiger partial charge in [0.2, 0.25) is 0 Å². The van der Waals surface area contributed by atoms with Crippen molar-refractivity contribution in [3.05, 3.63) is 29.8 Å². The van der Waals surface area contributed by atoms with Crippen LogP contribution in [0.5, 0.6) is 0 Å². The summed E-state index contributed by atoms with van der Waals surface area (Å²) < 4.78 is 5.29. The summed E-state index contributed by atoms with van der Waals surface area (Å²) in [5, 5.41) is 3.23. The zero-order valence-corrected chi connectivity index (χ0v) is 11.3. The van der Waals surface area contributed by atoms with Crippen molar-refractivity contribution in [2.45, 2.75) is 32.8 Å². The highest BCUT2D eigenvalue weighted by atomic mass is 16.6. The summed E-state index contributed by atoms with van der Waals surface area (Å²) in [5.41, 5.74) is 6.50. The summed E-state index contributed by atoms with van der Waals surface area (Å²) in [6.07, 6.45) is 0.924. The van der Waals surface area contributed by atoms with E-state index in [1.54, 1.807) is 12.1 Å². The first kappa shape index (κ1) is 14.5. The van der Waals surface area contributed by atoms with E-state index in [1.807, 2.05) is 32.9 Å². The molecule has 4 nitrogen and oxygen atoms in total. The maximum Gasteiger partial charge on any atom is 0.338 e. The molecule has 100 valence electrons. The Morgan fingerprint density at radius 3 is 2.39 bits per heavy atom. The molecule has 0 heterocycles. The molecule has 1 rings (SSSR count). The zero-order valence-electron chi connectivity index (χ0n) is 11.3. The maximum atomic E-state index is 11.8. The number of carbonyl (C=O) groups excluding carboxylic acids is 1. The van der Waals surface area contributed by atoms with Crippen molar-refractivity contribution >= 4 is 11.7 Å². The number of nitrogens with two attached hydrogens (primary N) is 1. The Morgan fingerprint density at radius 1 is 1.28 bits per heavy atom. The van der Waals surface area contributed by atoms with Gasteiger partial charge >= 0.3 is 5.97 Å². The average Bonchev–Trinajstić information content (AvgIpc) is 2.28. The van der Waals surface area contributed by atoms with Gasteiger partial charge in [0, 0.05) is 12.2 Å². The molecule has 4 heteroatoms. The first-order chi connectivity index (χ1) is 8.42. The van der Waals surface area contributed by atoms with Gasteiger partial charge in [0.05, 0.1) is 5.56 Å². The molecule has 1 aromatic rings. The smallest absolute Gasteiger partial charge is 0.338 e. The van der Waals surface area contributed by atoms with Gasteiger partial charge in [-0.2, -0.15) is 0 Å². The Labute approximate surface area is 109 Å². The molecule has 0 atom stereocenters. The summed E-state index contributed by atoms with van der Waals surface area (Å²) in [6, 6.07) is 7.27. The van der Waals surface area contributed by atoms with Crippen LogP contribution in [-0.2, 0) is 4.74 Å². The van der Waals surface area contributed by atoms with E-state index >= 15 is 0 Å². The molecule has 0 spiro atoms. The largest absolute Gasteiger partial charge is 0.456 e. The lowest BCUT2D eigenvalue weighted by atomic mass is 10.1.